The fraction of sp³-hybridized carbons (Fsp3) is 0.200. The number of carbonyl (C=O) groups is 2. The maximum absolute atomic E-state index is 12.6. The molecule has 2 aromatic carbocycles. The van der Waals surface area contributed by atoms with Gasteiger partial charge in [-0.1, -0.05) is 30.3 Å². The summed E-state index contributed by atoms with van der Waals surface area (Å²) in [6, 6.07) is 14.5. The average Bonchev–Trinajstić information content (AvgIpc) is 3.31. The van der Waals surface area contributed by atoms with E-state index >= 15 is 0 Å². The van der Waals surface area contributed by atoms with Gasteiger partial charge in [0.15, 0.2) is 0 Å². The second-order valence-electron chi connectivity index (χ2n) is 6.55. The minimum absolute atomic E-state index is 0.101. The van der Waals surface area contributed by atoms with Gasteiger partial charge in [-0.3, -0.25) is 9.59 Å². The zero-order chi connectivity index (χ0) is 18.8. The van der Waals surface area contributed by atoms with Crippen molar-refractivity contribution < 1.29 is 9.59 Å². The summed E-state index contributed by atoms with van der Waals surface area (Å²) in [5, 5.41) is 6.96. The van der Waals surface area contributed by atoms with Gasteiger partial charge in [-0.25, -0.2) is 9.67 Å². The van der Waals surface area contributed by atoms with E-state index in [1.807, 2.05) is 42.5 Å². The fourth-order valence-electron chi connectivity index (χ4n) is 3.17. The number of hydrogen-bond donors (Lipinski definition) is 1. The second-order valence-corrected chi connectivity index (χ2v) is 6.55. The summed E-state index contributed by atoms with van der Waals surface area (Å²) in [5.41, 5.74) is 3.38. The van der Waals surface area contributed by atoms with Gasteiger partial charge in [-0.05, 0) is 36.2 Å². The number of benzene rings is 2. The molecule has 2 heterocycles. The number of fused-ring (bicyclic) bond motifs is 1. The zero-order valence-electron chi connectivity index (χ0n) is 14.9. The molecule has 1 atom stereocenters. The summed E-state index contributed by atoms with van der Waals surface area (Å²) in [4.78, 5) is 30.6. The Morgan fingerprint density at radius 3 is 2.67 bits per heavy atom. The van der Waals surface area contributed by atoms with Gasteiger partial charge in [0.25, 0.3) is 5.91 Å². The Labute approximate surface area is 156 Å². The van der Waals surface area contributed by atoms with E-state index in [4.69, 9.17) is 0 Å². The lowest BCUT2D eigenvalue weighted by Crippen LogP contribution is -2.42. The number of amides is 2. The molecule has 4 rings (SSSR count). The van der Waals surface area contributed by atoms with E-state index in [1.54, 1.807) is 28.9 Å². The molecule has 7 heteroatoms. The van der Waals surface area contributed by atoms with Crippen LogP contribution in [0.15, 0.2) is 61.2 Å². The summed E-state index contributed by atoms with van der Waals surface area (Å²) >= 11 is 0. The van der Waals surface area contributed by atoms with Crippen LogP contribution in [0.25, 0.3) is 0 Å². The zero-order valence-corrected chi connectivity index (χ0v) is 14.9. The number of hydrogen-bond acceptors (Lipinski definition) is 4. The molecule has 0 saturated carbocycles. The number of nitrogens with one attached hydrogen (secondary N) is 1. The van der Waals surface area contributed by atoms with Crippen molar-refractivity contribution in [1.29, 1.82) is 0 Å². The van der Waals surface area contributed by atoms with Crippen molar-refractivity contribution in [3.05, 3.63) is 77.9 Å². The fourth-order valence-corrected chi connectivity index (χ4v) is 3.17. The Morgan fingerprint density at radius 2 is 1.96 bits per heavy atom. The topological polar surface area (TPSA) is 80.1 Å². The Hall–Kier alpha value is -3.48. The predicted octanol–water partition coefficient (Wildman–Crippen LogP) is 2.31. The van der Waals surface area contributed by atoms with Crippen molar-refractivity contribution in [2.45, 2.75) is 26.1 Å². The first-order valence-corrected chi connectivity index (χ1v) is 8.73. The molecule has 3 aromatic rings. The number of carbonyl (C=O) groups excluding carboxylic acids is 2. The summed E-state index contributed by atoms with van der Waals surface area (Å²) in [6.07, 6.45) is 3.15. The van der Waals surface area contributed by atoms with Crippen molar-refractivity contribution in [2.75, 3.05) is 5.32 Å². The predicted molar refractivity (Wildman–Crippen MR) is 100.0 cm³/mol. The van der Waals surface area contributed by atoms with Crippen LogP contribution in [0.5, 0.6) is 0 Å². The molecule has 0 saturated heterocycles. The third-order valence-corrected chi connectivity index (χ3v) is 4.73. The highest BCUT2D eigenvalue weighted by molar-refractivity contribution is 6.03. The van der Waals surface area contributed by atoms with Crippen LogP contribution in [0.3, 0.4) is 0 Å². The van der Waals surface area contributed by atoms with E-state index in [1.165, 1.54) is 6.33 Å². The van der Waals surface area contributed by atoms with E-state index in [9.17, 15) is 9.59 Å². The number of aromatic nitrogens is 3. The number of nitrogens with zero attached hydrogens (tertiary/aromatic N) is 4. The Morgan fingerprint density at radius 1 is 1.19 bits per heavy atom. The highest BCUT2D eigenvalue weighted by Crippen LogP contribution is 2.24. The summed E-state index contributed by atoms with van der Waals surface area (Å²) in [7, 11) is 0. The standard InChI is InChI=1S/C20H19N5O2/c1-14(25-11-16-4-2-3-5-18(16)20(25)27)19(26)23-17-8-6-15(7-9-17)10-24-13-21-12-22-24/h2-9,12-14H,10-11H2,1H3,(H,23,26). The molecule has 1 aromatic heterocycles. The molecule has 1 N–H and O–H groups in total. The molecule has 27 heavy (non-hydrogen) atoms. The van der Waals surface area contributed by atoms with Crippen molar-refractivity contribution in [3.8, 4) is 0 Å². The van der Waals surface area contributed by atoms with Crippen molar-refractivity contribution in [1.82, 2.24) is 19.7 Å². The monoisotopic (exact) mass is 361 g/mol. The first-order valence-electron chi connectivity index (χ1n) is 8.73. The molecule has 1 aliphatic rings. The number of rotatable bonds is 5. The Bertz CT molecular complexity index is 966. The molecule has 2 amide bonds. The summed E-state index contributed by atoms with van der Waals surface area (Å²) in [6.45, 7) is 2.82. The average molecular weight is 361 g/mol. The van der Waals surface area contributed by atoms with Crippen molar-refractivity contribution >= 4 is 17.5 Å². The van der Waals surface area contributed by atoms with Crippen LogP contribution >= 0.6 is 0 Å². The van der Waals surface area contributed by atoms with E-state index < -0.39 is 6.04 Å². The minimum atomic E-state index is -0.556. The van der Waals surface area contributed by atoms with Gasteiger partial charge in [-0.15, -0.1) is 0 Å². The van der Waals surface area contributed by atoms with E-state index in [-0.39, 0.29) is 11.8 Å². The molecule has 1 unspecified atom stereocenters. The third kappa shape index (κ3) is 3.44. The highest BCUT2D eigenvalue weighted by Gasteiger charge is 2.33. The van der Waals surface area contributed by atoms with E-state index in [2.05, 4.69) is 15.4 Å². The van der Waals surface area contributed by atoms with Gasteiger partial charge in [0.05, 0.1) is 6.54 Å². The molecule has 0 bridgehead atoms. The van der Waals surface area contributed by atoms with E-state index in [0.717, 1.165) is 11.1 Å². The molecule has 7 nitrogen and oxygen atoms in total. The summed E-state index contributed by atoms with van der Waals surface area (Å²) < 4.78 is 1.73. The molecule has 136 valence electrons. The normalized spacial score (nSPS) is 14.1. The maximum Gasteiger partial charge on any atom is 0.255 e. The quantitative estimate of drug-likeness (QED) is 0.756. The molecule has 1 aliphatic heterocycles. The maximum atomic E-state index is 12.6. The van der Waals surface area contributed by atoms with Gasteiger partial charge in [0.1, 0.15) is 18.7 Å². The van der Waals surface area contributed by atoms with Crippen LogP contribution in [-0.2, 0) is 17.9 Å². The van der Waals surface area contributed by atoms with Crippen LogP contribution in [0.4, 0.5) is 5.69 Å². The lowest BCUT2D eigenvalue weighted by molar-refractivity contribution is -0.120. The van der Waals surface area contributed by atoms with Crippen LogP contribution < -0.4 is 5.32 Å². The van der Waals surface area contributed by atoms with Crippen LogP contribution in [0.2, 0.25) is 0 Å². The first-order chi connectivity index (χ1) is 13.1. The van der Waals surface area contributed by atoms with Crippen LogP contribution in [-0.4, -0.2) is 37.5 Å². The highest BCUT2D eigenvalue weighted by atomic mass is 16.2. The van der Waals surface area contributed by atoms with Crippen molar-refractivity contribution in [3.63, 3.8) is 0 Å². The Kier molecular flexibility index (Phi) is 4.42. The Balaban J connectivity index is 1.39. The van der Waals surface area contributed by atoms with Crippen LogP contribution in [0.1, 0.15) is 28.4 Å². The van der Waals surface area contributed by atoms with Gasteiger partial charge in [0.2, 0.25) is 5.91 Å². The van der Waals surface area contributed by atoms with Crippen molar-refractivity contribution in [2.24, 2.45) is 0 Å². The second kappa shape index (κ2) is 7.03. The molecule has 0 fully saturated rings. The van der Waals surface area contributed by atoms with Gasteiger partial charge in [-0.2, -0.15) is 5.10 Å². The molecule has 0 aliphatic carbocycles. The summed E-state index contributed by atoms with van der Waals surface area (Å²) in [5.74, 6) is -0.309. The smallest absolute Gasteiger partial charge is 0.255 e. The molecule has 0 radical (unpaired) electrons. The SMILES string of the molecule is CC(C(=O)Nc1ccc(Cn2cncn2)cc1)N1Cc2ccccc2C1=O. The third-order valence-electron chi connectivity index (χ3n) is 4.73. The van der Waals surface area contributed by atoms with Gasteiger partial charge >= 0.3 is 0 Å². The van der Waals surface area contributed by atoms with E-state index in [0.29, 0.717) is 24.3 Å². The largest absolute Gasteiger partial charge is 0.324 e. The molecule has 0 spiro atoms. The van der Waals surface area contributed by atoms with Gasteiger partial charge < -0.3 is 10.2 Å². The van der Waals surface area contributed by atoms with Gasteiger partial charge in [0, 0.05) is 17.8 Å². The minimum Gasteiger partial charge on any atom is -0.324 e. The molecular weight excluding hydrogens is 342 g/mol. The molecular formula is C20H19N5O2. The lowest BCUT2D eigenvalue weighted by atomic mass is 10.1. The first kappa shape index (κ1) is 17.0. The number of anilines is 1. The lowest BCUT2D eigenvalue weighted by Gasteiger charge is -2.23. The van der Waals surface area contributed by atoms with Crippen LogP contribution in [0, 0.1) is 0 Å².